The van der Waals surface area contributed by atoms with Gasteiger partial charge in [-0.25, -0.2) is 9.97 Å². The molecule has 4 rings (SSSR count). The van der Waals surface area contributed by atoms with E-state index in [-0.39, 0.29) is 0 Å². The van der Waals surface area contributed by atoms with Crippen LogP contribution in [-0.4, -0.2) is 19.9 Å². The van der Waals surface area contributed by atoms with Gasteiger partial charge in [0.1, 0.15) is 11.3 Å². The second kappa shape index (κ2) is 5.88. The lowest BCUT2D eigenvalue weighted by molar-refractivity contribution is 1.10. The molecule has 112 valence electrons. The lowest BCUT2D eigenvalue weighted by atomic mass is 10.2. The molecule has 0 aliphatic heterocycles. The van der Waals surface area contributed by atoms with Crippen LogP contribution in [-0.2, 0) is 6.54 Å². The van der Waals surface area contributed by atoms with E-state index < -0.39 is 0 Å². The van der Waals surface area contributed by atoms with E-state index in [1.807, 2.05) is 48.5 Å². The maximum Gasteiger partial charge on any atom is 0.154 e. The first-order valence-corrected chi connectivity index (χ1v) is 7.43. The second-order valence-electron chi connectivity index (χ2n) is 5.22. The molecular formula is C18H15N5. The van der Waals surface area contributed by atoms with Gasteiger partial charge < -0.3 is 10.3 Å². The first-order valence-electron chi connectivity index (χ1n) is 7.43. The fourth-order valence-corrected chi connectivity index (χ4v) is 2.48. The van der Waals surface area contributed by atoms with Crippen LogP contribution in [0.3, 0.4) is 0 Å². The zero-order valence-electron chi connectivity index (χ0n) is 12.4. The normalized spacial score (nSPS) is 10.8. The molecule has 0 atom stereocenters. The molecule has 0 aliphatic carbocycles. The molecule has 5 heteroatoms. The predicted octanol–water partition coefficient (Wildman–Crippen LogP) is 3.63. The van der Waals surface area contributed by atoms with Crippen molar-refractivity contribution in [3.05, 3.63) is 72.7 Å². The van der Waals surface area contributed by atoms with Gasteiger partial charge in [0.05, 0.1) is 5.52 Å². The van der Waals surface area contributed by atoms with Crippen LogP contribution in [0.4, 0.5) is 5.82 Å². The van der Waals surface area contributed by atoms with Gasteiger partial charge in [-0.05, 0) is 23.8 Å². The minimum absolute atomic E-state index is 0.683. The Morgan fingerprint density at radius 3 is 2.57 bits per heavy atom. The number of anilines is 1. The van der Waals surface area contributed by atoms with Gasteiger partial charge in [-0.1, -0.05) is 30.3 Å². The smallest absolute Gasteiger partial charge is 0.154 e. The van der Waals surface area contributed by atoms with Crippen molar-refractivity contribution in [3.63, 3.8) is 0 Å². The van der Waals surface area contributed by atoms with Crippen molar-refractivity contribution in [2.75, 3.05) is 5.32 Å². The third-order valence-corrected chi connectivity index (χ3v) is 3.66. The highest BCUT2D eigenvalue weighted by Gasteiger charge is 2.09. The summed E-state index contributed by atoms with van der Waals surface area (Å²) in [5.74, 6) is 1.62. The Labute approximate surface area is 133 Å². The van der Waals surface area contributed by atoms with E-state index in [0.717, 1.165) is 33.8 Å². The van der Waals surface area contributed by atoms with Gasteiger partial charge >= 0.3 is 0 Å². The van der Waals surface area contributed by atoms with Crippen LogP contribution in [0.1, 0.15) is 5.56 Å². The number of fused-ring (bicyclic) bond motifs is 1. The van der Waals surface area contributed by atoms with E-state index in [1.54, 1.807) is 18.6 Å². The molecule has 0 amide bonds. The number of rotatable bonds is 4. The van der Waals surface area contributed by atoms with Crippen LogP contribution in [0.5, 0.6) is 0 Å². The van der Waals surface area contributed by atoms with Crippen LogP contribution in [0.2, 0.25) is 0 Å². The molecule has 5 nitrogen and oxygen atoms in total. The SMILES string of the molecule is c1ccc(-c2nc3c(NCc4ccncc4)nccc3[nH]2)cc1. The van der Waals surface area contributed by atoms with Gasteiger partial charge in [0.2, 0.25) is 0 Å². The number of pyridine rings is 2. The zero-order valence-corrected chi connectivity index (χ0v) is 12.4. The van der Waals surface area contributed by atoms with E-state index >= 15 is 0 Å². The van der Waals surface area contributed by atoms with Crippen molar-refractivity contribution < 1.29 is 0 Å². The highest BCUT2D eigenvalue weighted by atomic mass is 15.0. The van der Waals surface area contributed by atoms with Crippen molar-refractivity contribution in [2.45, 2.75) is 6.54 Å². The summed E-state index contributed by atoms with van der Waals surface area (Å²) in [6, 6.07) is 16.0. The van der Waals surface area contributed by atoms with Gasteiger partial charge in [-0.15, -0.1) is 0 Å². The molecule has 0 spiro atoms. The Hall–Kier alpha value is -3.21. The van der Waals surface area contributed by atoms with E-state index in [9.17, 15) is 0 Å². The third-order valence-electron chi connectivity index (χ3n) is 3.66. The van der Waals surface area contributed by atoms with Crippen LogP contribution in [0, 0.1) is 0 Å². The molecule has 3 heterocycles. The number of aromatic amines is 1. The molecule has 4 aromatic rings. The number of nitrogens with zero attached hydrogens (tertiary/aromatic N) is 3. The Balaban J connectivity index is 1.66. The van der Waals surface area contributed by atoms with E-state index in [2.05, 4.69) is 20.3 Å². The van der Waals surface area contributed by atoms with Gasteiger partial charge in [0, 0.05) is 30.7 Å². The standard InChI is InChI=1S/C18H15N5/c1-2-4-14(5-3-1)17-22-15-8-11-20-18(16(15)23-17)21-12-13-6-9-19-10-7-13/h1-11H,12H2,(H,20,21)(H,22,23). The molecule has 0 saturated heterocycles. The summed E-state index contributed by atoms with van der Waals surface area (Å²) in [5.41, 5.74) is 4.03. The number of hydrogen-bond acceptors (Lipinski definition) is 4. The Morgan fingerprint density at radius 2 is 1.74 bits per heavy atom. The molecule has 1 aromatic carbocycles. The Morgan fingerprint density at radius 1 is 0.913 bits per heavy atom. The molecule has 23 heavy (non-hydrogen) atoms. The second-order valence-corrected chi connectivity index (χ2v) is 5.22. The summed E-state index contributed by atoms with van der Waals surface area (Å²) in [6.45, 7) is 0.683. The molecule has 0 unspecified atom stereocenters. The minimum Gasteiger partial charge on any atom is -0.364 e. The highest BCUT2D eigenvalue weighted by Crippen LogP contribution is 2.24. The summed E-state index contributed by atoms with van der Waals surface area (Å²) in [7, 11) is 0. The number of benzene rings is 1. The largest absolute Gasteiger partial charge is 0.364 e. The van der Waals surface area contributed by atoms with Crippen molar-refractivity contribution in [1.82, 2.24) is 19.9 Å². The molecule has 3 aromatic heterocycles. The monoisotopic (exact) mass is 301 g/mol. The Kier molecular flexibility index (Phi) is 3.44. The summed E-state index contributed by atoms with van der Waals surface area (Å²) in [5, 5.41) is 3.35. The number of aromatic nitrogens is 4. The maximum atomic E-state index is 4.70. The van der Waals surface area contributed by atoms with E-state index in [1.165, 1.54) is 0 Å². The van der Waals surface area contributed by atoms with Crippen LogP contribution < -0.4 is 5.32 Å². The van der Waals surface area contributed by atoms with E-state index in [0.29, 0.717) is 6.54 Å². The molecule has 0 saturated carbocycles. The third kappa shape index (κ3) is 2.76. The lowest BCUT2D eigenvalue weighted by Gasteiger charge is -2.05. The average Bonchev–Trinajstić information content (AvgIpc) is 3.06. The predicted molar refractivity (Wildman–Crippen MR) is 90.9 cm³/mol. The lowest BCUT2D eigenvalue weighted by Crippen LogP contribution is -2.01. The number of nitrogens with one attached hydrogen (secondary N) is 2. The molecule has 0 radical (unpaired) electrons. The first-order chi connectivity index (χ1) is 11.4. The summed E-state index contributed by atoms with van der Waals surface area (Å²) in [6.07, 6.45) is 5.35. The number of imidazole rings is 1. The van der Waals surface area contributed by atoms with E-state index in [4.69, 9.17) is 4.98 Å². The summed E-state index contributed by atoms with van der Waals surface area (Å²) < 4.78 is 0. The molecule has 0 bridgehead atoms. The molecular weight excluding hydrogens is 286 g/mol. The average molecular weight is 301 g/mol. The van der Waals surface area contributed by atoms with Crippen molar-refractivity contribution >= 4 is 16.9 Å². The molecule has 0 aliphatic rings. The number of H-pyrrole nitrogens is 1. The fourth-order valence-electron chi connectivity index (χ4n) is 2.48. The quantitative estimate of drug-likeness (QED) is 0.604. The van der Waals surface area contributed by atoms with Gasteiger partial charge in [-0.2, -0.15) is 0 Å². The minimum atomic E-state index is 0.683. The van der Waals surface area contributed by atoms with Crippen molar-refractivity contribution in [3.8, 4) is 11.4 Å². The topological polar surface area (TPSA) is 66.5 Å². The first kappa shape index (κ1) is 13.5. The van der Waals surface area contributed by atoms with Crippen molar-refractivity contribution in [2.24, 2.45) is 0 Å². The molecule has 2 N–H and O–H groups in total. The van der Waals surface area contributed by atoms with Gasteiger partial charge in [0.15, 0.2) is 5.82 Å². The summed E-state index contributed by atoms with van der Waals surface area (Å²) >= 11 is 0. The van der Waals surface area contributed by atoms with Crippen LogP contribution in [0.15, 0.2) is 67.1 Å². The highest BCUT2D eigenvalue weighted by molar-refractivity contribution is 5.88. The van der Waals surface area contributed by atoms with Crippen LogP contribution >= 0.6 is 0 Å². The summed E-state index contributed by atoms with van der Waals surface area (Å²) in [4.78, 5) is 16.5. The number of hydrogen-bond donors (Lipinski definition) is 2. The fraction of sp³-hybridized carbons (Fsp3) is 0.0556. The molecule has 0 fully saturated rings. The van der Waals surface area contributed by atoms with Crippen LogP contribution in [0.25, 0.3) is 22.4 Å². The Bertz CT molecular complexity index is 916. The maximum absolute atomic E-state index is 4.70. The van der Waals surface area contributed by atoms with Gasteiger partial charge in [-0.3, -0.25) is 4.98 Å². The zero-order chi connectivity index (χ0) is 15.5. The van der Waals surface area contributed by atoms with Gasteiger partial charge in [0.25, 0.3) is 0 Å². The van der Waals surface area contributed by atoms with Crippen molar-refractivity contribution in [1.29, 1.82) is 0 Å².